The van der Waals surface area contributed by atoms with Crippen molar-refractivity contribution >= 4 is 11.9 Å². The highest BCUT2D eigenvalue weighted by Crippen LogP contribution is 2.36. The average Bonchev–Trinajstić information content (AvgIpc) is 2.79. The number of aromatic nitrogens is 2. The molecule has 1 aliphatic carbocycles. The molecule has 2 N–H and O–H groups in total. The number of nitrogens with zero attached hydrogens (tertiary/aromatic N) is 3. The van der Waals surface area contributed by atoms with Crippen molar-refractivity contribution in [3.05, 3.63) is 53.3 Å². The number of ether oxygens (including phenoxy) is 1. The van der Waals surface area contributed by atoms with Gasteiger partial charge >= 0.3 is 0 Å². The van der Waals surface area contributed by atoms with Crippen LogP contribution in [0.5, 0.6) is 0 Å². The molecular weight excluding hydrogens is 378 g/mol. The van der Waals surface area contributed by atoms with Gasteiger partial charge in [-0.2, -0.15) is 0 Å². The van der Waals surface area contributed by atoms with Crippen LogP contribution < -0.4 is 10.6 Å². The lowest BCUT2D eigenvalue weighted by molar-refractivity contribution is -0.127. The van der Waals surface area contributed by atoms with E-state index in [2.05, 4.69) is 32.7 Å². The summed E-state index contributed by atoms with van der Waals surface area (Å²) in [6, 6.07) is 10.2. The van der Waals surface area contributed by atoms with Gasteiger partial charge in [-0.15, -0.1) is 0 Å². The molecule has 1 aliphatic heterocycles. The molecule has 160 valence electrons. The van der Waals surface area contributed by atoms with E-state index >= 15 is 0 Å². The quantitative estimate of drug-likeness (QED) is 0.729. The highest BCUT2D eigenvalue weighted by atomic mass is 16.5. The molecule has 2 heterocycles. The standard InChI is InChI=1S/C23H31N5O2/c1-23(21(29)24-10-11-28-12-14-30-15-13-28)9-5-8-19-17-26-22(27-20(19)23)25-16-18-6-3-2-4-7-18/h2-4,6-7,17H,5,8-16H2,1H3,(H,24,29)(H,25,26,27). The minimum absolute atomic E-state index is 0.0596. The summed E-state index contributed by atoms with van der Waals surface area (Å²) >= 11 is 0. The van der Waals surface area contributed by atoms with E-state index in [1.165, 1.54) is 5.56 Å². The highest BCUT2D eigenvalue weighted by molar-refractivity contribution is 5.88. The van der Waals surface area contributed by atoms with Crippen molar-refractivity contribution in [3.8, 4) is 0 Å². The second-order valence-corrected chi connectivity index (χ2v) is 8.30. The number of benzene rings is 1. The molecule has 0 radical (unpaired) electrons. The van der Waals surface area contributed by atoms with Crippen molar-refractivity contribution in [2.45, 2.75) is 38.1 Å². The van der Waals surface area contributed by atoms with E-state index < -0.39 is 5.41 Å². The van der Waals surface area contributed by atoms with E-state index in [0.717, 1.165) is 63.4 Å². The van der Waals surface area contributed by atoms with Crippen LogP contribution in [0.4, 0.5) is 5.95 Å². The predicted octanol–water partition coefficient (Wildman–Crippen LogP) is 2.13. The van der Waals surface area contributed by atoms with Gasteiger partial charge in [-0.3, -0.25) is 9.69 Å². The number of rotatable bonds is 7. The van der Waals surface area contributed by atoms with E-state index in [0.29, 0.717) is 19.0 Å². The Balaban J connectivity index is 1.41. The van der Waals surface area contributed by atoms with Gasteiger partial charge in [-0.05, 0) is 37.3 Å². The van der Waals surface area contributed by atoms with Crippen molar-refractivity contribution in [1.82, 2.24) is 20.2 Å². The summed E-state index contributed by atoms with van der Waals surface area (Å²) in [4.78, 5) is 24.8. The molecule has 4 rings (SSSR count). The van der Waals surface area contributed by atoms with Gasteiger partial charge in [-0.25, -0.2) is 9.97 Å². The molecule has 2 aromatic rings. The summed E-state index contributed by atoms with van der Waals surface area (Å²) in [5.74, 6) is 0.635. The number of carbonyl (C=O) groups is 1. The monoisotopic (exact) mass is 409 g/mol. The molecule has 1 amide bonds. The molecule has 0 saturated carbocycles. The summed E-state index contributed by atoms with van der Waals surface area (Å²) in [7, 11) is 0. The Bertz CT molecular complexity index is 854. The van der Waals surface area contributed by atoms with E-state index in [1.807, 2.05) is 31.3 Å². The van der Waals surface area contributed by atoms with Gasteiger partial charge in [0.25, 0.3) is 0 Å². The van der Waals surface area contributed by atoms with Gasteiger partial charge in [0, 0.05) is 38.9 Å². The number of hydrogen-bond acceptors (Lipinski definition) is 6. The minimum atomic E-state index is -0.620. The number of anilines is 1. The van der Waals surface area contributed by atoms with Crippen LogP contribution in [0.2, 0.25) is 0 Å². The molecule has 7 heteroatoms. The molecule has 1 aromatic carbocycles. The normalized spacial score (nSPS) is 21.6. The lowest BCUT2D eigenvalue weighted by atomic mass is 9.74. The molecule has 2 aliphatic rings. The third kappa shape index (κ3) is 4.79. The molecule has 1 saturated heterocycles. The Morgan fingerprint density at radius 1 is 1.23 bits per heavy atom. The van der Waals surface area contributed by atoms with Crippen molar-refractivity contribution in [2.24, 2.45) is 0 Å². The van der Waals surface area contributed by atoms with Crippen molar-refractivity contribution in [2.75, 3.05) is 44.7 Å². The van der Waals surface area contributed by atoms with Gasteiger partial charge in [0.15, 0.2) is 0 Å². The Morgan fingerprint density at radius 3 is 2.83 bits per heavy atom. The molecule has 0 bridgehead atoms. The first-order chi connectivity index (χ1) is 14.6. The highest BCUT2D eigenvalue weighted by Gasteiger charge is 2.40. The van der Waals surface area contributed by atoms with Crippen LogP contribution in [0, 0.1) is 0 Å². The third-order valence-electron chi connectivity index (χ3n) is 6.12. The lowest BCUT2D eigenvalue weighted by Crippen LogP contribution is -2.48. The zero-order chi connectivity index (χ0) is 20.8. The SMILES string of the molecule is CC1(C(=O)NCCN2CCOCC2)CCCc2cnc(NCc3ccccc3)nc21. The fourth-order valence-corrected chi connectivity index (χ4v) is 4.25. The Hall–Kier alpha value is -2.51. The lowest BCUT2D eigenvalue weighted by Gasteiger charge is -2.34. The third-order valence-corrected chi connectivity index (χ3v) is 6.12. The molecular formula is C23H31N5O2. The van der Waals surface area contributed by atoms with Crippen LogP contribution in [0.15, 0.2) is 36.5 Å². The number of amides is 1. The first kappa shape index (κ1) is 20.8. The van der Waals surface area contributed by atoms with Crippen LogP contribution in [-0.4, -0.2) is 60.2 Å². The van der Waals surface area contributed by atoms with Gasteiger partial charge in [0.1, 0.15) is 0 Å². The maximum Gasteiger partial charge on any atom is 0.232 e. The first-order valence-electron chi connectivity index (χ1n) is 10.9. The Kier molecular flexibility index (Phi) is 6.59. The zero-order valence-corrected chi connectivity index (χ0v) is 17.7. The van der Waals surface area contributed by atoms with E-state index in [9.17, 15) is 4.79 Å². The van der Waals surface area contributed by atoms with Gasteiger partial charge in [-0.1, -0.05) is 30.3 Å². The second kappa shape index (κ2) is 9.53. The van der Waals surface area contributed by atoms with E-state index in [4.69, 9.17) is 9.72 Å². The predicted molar refractivity (Wildman–Crippen MR) is 116 cm³/mol. The van der Waals surface area contributed by atoms with Crippen molar-refractivity contribution < 1.29 is 9.53 Å². The average molecular weight is 410 g/mol. The molecule has 1 fully saturated rings. The number of morpholine rings is 1. The van der Waals surface area contributed by atoms with Crippen LogP contribution in [-0.2, 0) is 27.9 Å². The van der Waals surface area contributed by atoms with E-state index in [1.54, 1.807) is 0 Å². The number of aryl methyl sites for hydroxylation is 1. The maximum atomic E-state index is 13.2. The van der Waals surface area contributed by atoms with Crippen LogP contribution >= 0.6 is 0 Å². The topological polar surface area (TPSA) is 79.4 Å². The van der Waals surface area contributed by atoms with Gasteiger partial charge < -0.3 is 15.4 Å². The largest absolute Gasteiger partial charge is 0.379 e. The smallest absolute Gasteiger partial charge is 0.232 e. The van der Waals surface area contributed by atoms with Crippen molar-refractivity contribution in [1.29, 1.82) is 0 Å². The molecule has 1 aromatic heterocycles. The zero-order valence-electron chi connectivity index (χ0n) is 17.7. The summed E-state index contributed by atoms with van der Waals surface area (Å²) in [6.07, 6.45) is 4.58. The Morgan fingerprint density at radius 2 is 2.03 bits per heavy atom. The van der Waals surface area contributed by atoms with Crippen LogP contribution in [0.25, 0.3) is 0 Å². The summed E-state index contributed by atoms with van der Waals surface area (Å²) < 4.78 is 5.39. The number of carbonyl (C=O) groups excluding carboxylic acids is 1. The minimum Gasteiger partial charge on any atom is -0.379 e. The number of nitrogens with one attached hydrogen (secondary N) is 2. The van der Waals surface area contributed by atoms with Crippen LogP contribution in [0.1, 0.15) is 36.6 Å². The fraction of sp³-hybridized carbons (Fsp3) is 0.522. The molecule has 7 nitrogen and oxygen atoms in total. The summed E-state index contributed by atoms with van der Waals surface area (Å²) in [5.41, 5.74) is 2.49. The maximum absolute atomic E-state index is 13.2. The fourth-order valence-electron chi connectivity index (χ4n) is 4.25. The van der Waals surface area contributed by atoms with Gasteiger partial charge in [0.2, 0.25) is 11.9 Å². The molecule has 0 spiro atoms. The van der Waals surface area contributed by atoms with Crippen molar-refractivity contribution in [3.63, 3.8) is 0 Å². The molecule has 30 heavy (non-hydrogen) atoms. The molecule has 1 unspecified atom stereocenters. The van der Waals surface area contributed by atoms with Crippen LogP contribution in [0.3, 0.4) is 0 Å². The number of fused-ring (bicyclic) bond motifs is 1. The second-order valence-electron chi connectivity index (χ2n) is 8.30. The number of hydrogen-bond donors (Lipinski definition) is 2. The first-order valence-corrected chi connectivity index (χ1v) is 10.9. The summed E-state index contributed by atoms with van der Waals surface area (Å²) in [6.45, 7) is 7.58. The van der Waals surface area contributed by atoms with E-state index in [-0.39, 0.29) is 5.91 Å². The Labute approximate surface area is 178 Å². The summed E-state index contributed by atoms with van der Waals surface area (Å²) in [5, 5.41) is 6.46. The molecule has 1 atom stereocenters. The van der Waals surface area contributed by atoms with Gasteiger partial charge in [0.05, 0.1) is 24.3 Å².